The van der Waals surface area contributed by atoms with E-state index in [2.05, 4.69) is 14.9 Å². The van der Waals surface area contributed by atoms with E-state index in [1.54, 1.807) is 11.8 Å². The predicted molar refractivity (Wildman–Crippen MR) is 69.6 cm³/mol. The van der Waals surface area contributed by atoms with Gasteiger partial charge in [-0.3, -0.25) is 0 Å². The fourth-order valence-corrected chi connectivity index (χ4v) is 4.60. The minimum atomic E-state index is -3.56. The third kappa shape index (κ3) is 2.72. The molecule has 2 rings (SSSR count). The van der Waals surface area contributed by atoms with Gasteiger partial charge in [-0.2, -0.15) is 11.8 Å². The molecule has 0 aliphatic heterocycles. The minimum absolute atomic E-state index is 0.0588. The fourth-order valence-electron chi connectivity index (χ4n) is 1.64. The second-order valence-electron chi connectivity index (χ2n) is 3.97. The van der Waals surface area contributed by atoms with Gasteiger partial charge in [0.15, 0.2) is 0 Å². The Balaban J connectivity index is 2.03. The lowest BCUT2D eigenvalue weighted by molar-refractivity contribution is 0.362. The second-order valence-corrected chi connectivity index (χ2v) is 8.20. The summed E-state index contributed by atoms with van der Waals surface area (Å²) < 4.78 is 26.3. The highest BCUT2D eigenvalue weighted by Gasteiger charge is 2.37. The molecular formula is C8H14N4O2S3. The van der Waals surface area contributed by atoms with Gasteiger partial charge in [0.1, 0.15) is 0 Å². The van der Waals surface area contributed by atoms with Crippen LogP contribution < -0.4 is 10.5 Å². The Morgan fingerprint density at radius 1 is 1.53 bits per heavy atom. The molecule has 0 amide bonds. The zero-order chi connectivity index (χ0) is 12.5. The molecule has 0 spiro atoms. The first-order valence-corrected chi connectivity index (χ1v) is 8.64. The Bertz CT molecular complexity index is 489. The number of rotatable bonds is 5. The summed E-state index contributed by atoms with van der Waals surface area (Å²) in [5, 5.41) is 7.21. The zero-order valence-electron chi connectivity index (χ0n) is 9.34. The first-order valence-electron chi connectivity index (χ1n) is 5.11. The van der Waals surface area contributed by atoms with Crippen molar-refractivity contribution in [2.75, 3.05) is 18.5 Å². The smallest absolute Gasteiger partial charge is 0.269 e. The molecule has 17 heavy (non-hydrogen) atoms. The van der Waals surface area contributed by atoms with Crippen LogP contribution in [0.1, 0.15) is 19.3 Å². The van der Waals surface area contributed by atoms with Gasteiger partial charge in [-0.1, -0.05) is 17.8 Å². The number of nitrogens with one attached hydrogen (secondary N) is 1. The van der Waals surface area contributed by atoms with Gasteiger partial charge < -0.3 is 5.73 Å². The Kier molecular flexibility index (Phi) is 3.62. The van der Waals surface area contributed by atoms with Crippen molar-refractivity contribution in [1.29, 1.82) is 0 Å². The lowest BCUT2D eigenvalue weighted by Crippen LogP contribution is -2.45. The molecule has 1 aromatic rings. The summed E-state index contributed by atoms with van der Waals surface area (Å²) in [6, 6.07) is 0. The van der Waals surface area contributed by atoms with Crippen molar-refractivity contribution in [2.24, 2.45) is 0 Å². The number of nitrogen functional groups attached to an aromatic ring is 1. The van der Waals surface area contributed by atoms with E-state index < -0.39 is 10.0 Å². The van der Waals surface area contributed by atoms with E-state index in [-0.39, 0.29) is 14.2 Å². The quantitative estimate of drug-likeness (QED) is 0.829. The molecule has 0 unspecified atom stereocenters. The summed E-state index contributed by atoms with van der Waals surface area (Å²) in [5.74, 6) is 0. The van der Waals surface area contributed by atoms with Gasteiger partial charge in [0, 0.05) is 11.3 Å². The standard InChI is InChI=1S/C8H14N4O2S3/c1-15-8(3-2-4-8)5-10-17(13,14)7-12-11-6(9)16-7/h10H,2-5H2,1H3,(H2,9,11). The molecule has 0 saturated heterocycles. The van der Waals surface area contributed by atoms with Crippen LogP contribution in [0.25, 0.3) is 0 Å². The molecule has 1 heterocycles. The summed E-state index contributed by atoms with van der Waals surface area (Å²) in [5.41, 5.74) is 5.37. The Hall–Kier alpha value is -0.380. The van der Waals surface area contributed by atoms with Crippen LogP contribution in [0.2, 0.25) is 0 Å². The van der Waals surface area contributed by atoms with Crippen molar-refractivity contribution in [3.63, 3.8) is 0 Å². The van der Waals surface area contributed by atoms with Crippen LogP contribution in [0, 0.1) is 0 Å². The minimum Gasteiger partial charge on any atom is -0.374 e. The lowest BCUT2D eigenvalue weighted by atomic mass is 9.84. The summed E-state index contributed by atoms with van der Waals surface area (Å²) in [6.45, 7) is 0.440. The van der Waals surface area contributed by atoms with E-state index >= 15 is 0 Å². The summed E-state index contributed by atoms with van der Waals surface area (Å²) in [6.07, 6.45) is 5.27. The molecule has 1 aromatic heterocycles. The molecular weight excluding hydrogens is 280 g/mol. The van der Waals surface area contributed by atoms with E-state index in [9.17, 15) is 8.42 Å². The average molecular weight is 294 g/mol. The molecule has 0 bridgehead atoms. The number of thioether (sulfide) groups is 1. The highest BCUT2D eigenvalue weighted by atomic mass is 32.2. The Morgan fingerprint density at radius 3 is 2.65 bits per heavy atom. The highest BCUT2D eigenvalue weighted by molar-refractivity contribution is 8.00. The van der Waals surface area contributed by atoms with E-state index in [0.717, 1.165) is 30.6 Å². The SMILES string of the molecule is CSC1(CNS(=O)(=O)c2nnc(N)s2)CCC1. The number of nitrogens with two attached hydrogens (primary N) is 1. The van der Waals surface area contributed by atoms with E-state index in [4.69, 9.17) is 5.73 Å². The lowest BCUT2D eigenvalue weighted by Gasteiger charge is -2.40. The molecule has 1 fully saturated rings. The van der Waals surface area contributed by atoms with Crippen LogP contribution in [-0.4, -0.2) is 36.2 Å². The van der Waals surface area contributed by atoms with Crippen LogP contribution in [0.3, 0.4) is 0 Å². The van der Waals surface area contributed by atoms with Gasteiger partial charge in [-0.25, -0.2) is 13.1 Å². The molecule has 0 atom stereocenters. The predicted octanol–water partition coefficient (Wildman–Crippen LogP) is 0.684. The number of sulfonamides is 1. The molecule has 1 aliphatic rings. The number of hydrogen-bond donors (Lipinski definition) is 2. The van der Waals surface area contributed by atoms with Crippen molar-refractivity contribution in [3.05, 3.63) is 0 Å². The molecule has 0 radical (unpaired) electrons. The van der Waals surface area contributed by atoms with Gasteiger partial charge in [0.25, 0.3) is 10.0 Å². The Labute approximate surface area is 108 Å². The van der Waals surface area contributed by atoms with Crippen LogP contribution in [0.4, 0.5) is 5.13 Å². The summed E-state index contributed by atoms with van der Waals surface area (Å²) in [4.78, 5) is 0. The first kappa shape index (κ1) is 13.1. The van der Waals surface area contributed by atoms with Crippen molar-refractivity contribution < 1.29 is 8.42 Å². The molecule has 1 saturated carbocycles. The van der Waals surface area contributed by atoms with Crippen LogP contribution >= 0.6 is 23.1 Å². The Morgan fingerprint density at radius 2 is 2.24 bits per heavy atom. The number of hydrogen-bond acceptors (Lipinski definition) is 7. The van der Waals surface area contributed by atoms with E-state index in [0.29, 0.717) is 6.54 Å². The van der Waals surface area contributed by atoms with Crippen LogP contribution in [0.5, 0.6) is 0 Å². The second kappa shape index (κ2) is 4.71. The maximum atomic E-state index is 11.9. The van der Waals surface area contributed by atoms with Gasteiger partial charge >= 0.3 is 0 Å². The van der Waals surface area contributed by atoms with Gasteiger partial charge in [-0.05, 0) is 19.1 Å². The van der Waals surface area contributed by atoms with Gasteiger partial charge in [-0.15, -0.1) is 10.2 Å². The van der Waals surface area contributed by atoms with Crippen molar-refractivity contribution >= 4 is 38.3 Å². The molecule has 1 aliphatic carbocycles. The normalized spacial score (nSPS) is 18.9. The topological polar surface area (TPSA) is 98.0 Å². The van der Waals surface area contributed by atoms with E-state index in [1.165, 1.54) is 0 Å². The summed E-state index contributed by atoms with van der Waals surface area (Å²) in [7, 11) is -3.56. The largest absolute Gasteiger partial charge is 0.374 e. The monoisotopic (exact) mass is 294 g/mol. The third-order valence-corrected chi connectivity index (χ3v) is 6.87. The van der Waals surface area contributed by atoms with Gasteiger partial charge in [0.05, 0.1) is 0 Å². The number of aromatic nitrogens is 2. The first-order chi connectivity index (χ1) is 7.97. The van der Waals surface area contributed by atoms with Gasteiger partial charge in [0.2, 0.25) is 9.47 Å². The van der Waals surface area contributed by atoms with E-state index in [1.807, 2.05) is 6.26 Å². The molecule has 96 valence electrons. The maximum absolute atomic E-state index is 11.9. The molecule has 6 nitrogen and oxygen atoms in total. The average Bonchev–Trinajstić information content (AvgIpc) is 2.64. The third-order valence-electron chi connectivity index (χ3n) is 2.93. The zero-order valence-corrected chi connectivity index (χ0v) is 11.8. The summed E-state index contributed by atoms with van der Waals surface area (Å²) >= 11 is 2.59. The fraction of sp³-hybridized carbons (Fsp3) is 0.750. The van der Waals surface area contributed by atoms with Crippen molar-refractivity contribution in [2.45, 2.75) is 28.3 Å². The highest BCUT2D eigenvalue weighted by Crippen LogP contribution is 2.42. The molecule has 3 N–H and O–H groups in total. The van der Waals surface area contributed by atoms with Crippen LogP contribution in [0.15, 0.2) is 4.34 Å². The maximum Gasteiger partial charge on any atom is 0.269 e. The number of nitrogens with zero attached hydrogens (tertiary/aromatic N) is 2. The molecule has 0 aromatic carbocycles. The molecule has 9 heteroatoms. The number of anilines is 1. The van der Waals surface area contributed by atoms with Crippen LogP contribution in [-0.2, 0) is 10.0 Å². The van der Waals surface area contributed by atoms with Crippen molar-refractivity contribution in [3.8, 4) is 0 Å². The van der Waals surface area contributed by atoms with Crippen molar-refractivity contribution in [1.82, 2.24) is 14.9 Å².